The standard InChI is InChI=1S/C26H34Cl2FN3O4S/c1-5-18(3)30-26(34)23(6-2)31(17-19-13-14-20(27)16-21(19)28)25(33)12-9-15-32(37(4,35)36)24-11-8-7-10-22(24)29/h7-8,10-11,13-14,16,18,23H,5-6,9,12,15,17H2,1-4H3,(H,30,34)/t18-,23+/m0/s1. The van der Waals surface area contributed by atoms with Crippen LogP contribution in [0.1, 0.15) is 52.0 Å². The molecule has 0 saturated heterocycles. The van der Waals surface area contributed by atoms with Crippen LogP contribution < -0.4 is 9.62 Å². The van der Waals surface area contributed by atoms with Gasteiger partial charge in [-0.1, -0.05) is 55.2 Å². The van der Waals surface area contributed by atoms with Crippen molar-refractivity contribution in [1.82, 2.24) is 10.2 Å². The topological polar surface area (TPSA) is 86.8 Å². The van der Waals surface area contributed by atoms with Crippen molar-refractivity contribution in [2.45, 2.75) is 65.1 Å². The second-order valence-corrected chi connectivity index (χ2v) is 11.6. The zero-order chi connectivity index (χ0) is 27.8. The minimum atomic E-state index is -3.79. The molecule has 2 aromatic rings. The van der Waals surface area contributed by atoms with E-state index in [-0.39, 0.29) is 49.5 Å². The maximum Gasteiger partial charge on any atom is 0.243 e. The Bertz CT molecular complexity index is 1200. The van der Waals surface area contributed by atoms with Crippen LogP contribution >= 0.6 is 23.2 Å². The Balaban J connectivity index is 2.27. The molecule has 1 N–H and O–H groups in total. The third-order valence-corrected chi connectivity index (χ3v) is 7.78. The molecule has 0 aliphatic heterocycles. The van der Waals surface area contributed by atoms with Crippen LogP contribution in [0.2, 0.25) is 10.0 Å². The van der Waals surface area contributed by atoms with Gasteiger partial charge in [0.1, 0.15) is 11.9 Å². The van der Waals surface area contributed by atoms with Gasteiger partial charge >= 0.3 is 0 Å². The monoisotopic (exact) mass is 573 g/mol. The van der Waals surface area contributed by atoms with Crippen molar-refractivity contribution < 1.29 is 22.4 Å². The van der Waals surface area contributed by atoms with E-state index in [1.807, 2.05) is 20.8 Å². The number of amides is 2. The lowest BCUT2D eigenvalue weighted by molar-refractivity contribution is -0.141. The van der Waals surface area contributed by atoms with Crippen LogP contribution in [0.5, 0.6) is 0 Å². The van der Waals surface area contributed by atoms with Gasteiger partial charge in [0.15, 0.2) is 0 Å². The van der Waals surface area contributed by atoms with Crippen LogP contribution in [0.4, 0.5) is 10.1 Å². The molecule has 0 unspecified atom stereocenters. The molecule has 2 aromatic carbocycles. The summed E-state index contributed by atoms with van der Waals surface area (Å²) in [4.78, 5) is 28.0. The third kappa shape index (κ3) is 8.86. The molecule has 0 saturated carbocycles. The van der Waals surface area contributed by atoms with E-state index in [1.54, 1.807) is 24.3 Å². The van der Waals surface area contributed by atoms with E-state index in [1.165, 1.54) is 23.1 Å². The van der Waals surface area contributed by atoms with Crippen LogP contribution in [0, 0.1) is 5.82 Å². The molecule has 2 amide bonds. The van der Waals surface area contributed by atoms with Gasteiger partial charge in [-0.25, -0.2) is 12.8 Å². The van der Waals surface area contributed by atoms with Gasteiger partial charge in [0.2, 0.25) is 21.8 Å². The molecular weight excluding hydrogens is 540 g/mol. The minimum absolute atomic E-state index is 0.0568. The predicted octanol–water partition coefficient (Wildman–Crippen LogP) is 5.40. The lowest BCUT2D eigenvalue weighted by Gasteiger charge is -2.32. The number of nitrogens with one attached hydrogen (secondary N) is 1. The zero-order valence-corrected chi connectivity index (χ0v) is 23.8. The molecule has 0 aliphatic rings. The lowest BCUT2D eigenvalue weighted by atomic mass is 10.1. The Labute approximate surface area is 229 Å². The van der Waals surface area contributed by atoms with Gasteiger partial charge in [0.05, 0.1) is 11.9 Å². The Kier molecular flexibility index (Phi) is 11.7. The Morgan fingerprint density at radius 2 is 1.76 bits per heavy atom. The summed E-state index contributed by atoms with van der Waals surface area (Å²) in [5.41, 5.74) is 0.542. The first-order chi connectivity index (χ1) is 17.4. The molecular formula is C26H34Cl2FN3O4S. The molecule has 0 spiro atoms. The second-order valence-electron chi connectivity index (χ2n) is 8.89. The summed E-state index contributed by atoms with van der Waals surface area (Å²) in [6, 6.07) is 9.67. The number of halogens is 3. The quantitative estimate of drug-likeness (QED) is 0.347. The molecule has 0 radical (unpaired) electrons. The average Bonchev–Trinajstić information content (AvgIpc) is 2.82. The SMILES string of the molecule is CC[C@H](C(=O)N[C@@H](C)CC)N(Cc1ccc(Cl)cc1Cl)C(=O)CCCN(c1ccccc1F)S(C)(=O)=O. The lowest BCUT2D eigenvalue weighted by Crippen LogP contribution is -2.50. The minimum Gasteiger partial charge on any atom is -0.352 e. The average molecular weight is 575 g/mol. The Morgan fingerprint density at radius 1 is 1.08 bits per heavy atom. The molecule has 204 valence electrons. The molecule has 0 aliphatic carbocycles. The Hall–Kier alpha value is -2.36. The van der Waals surface area contributed by atoms with Crippen molar-refractivity contribution >= 4 is 50.7 Å². The summed E-state index contributed by atoms with van der Waals surface area (Å²) in [6.45, 7) is 5.62. The fourth-order valence-corrected chi connectivity index (χ4v) is 5.26. The molecule has 0 heterocycles. The van der Waals surface area contributed by atoms with Gasteiger partial charge in [0, 0.05) is 35.6 Å². The van der Waals surface area contributed by atoms with Gasteiger partial charge in [-0.15, -0.1) is 0 Å². The van der Waals surface area contributed by atoms with Crippen molar-refractivity contribution in [3.63, 3.8) is 0 Å². The van der Waals surface area contributed by atoms with Gasteiger partial charge in [-0.2, -0.15) is 0 Å². The van der Waals surface area contributed by atoms with Crippen molar-refractivity contribution in [1.29, 1.82) is 0 Å². The summed E-state index contributed by atoms with van der Waals surface area (Å²) >= 11 is 12.4. The first-order valence-electron chi connectivity index (χ1n) is 12.1. The van der Waals surface area contributed by atoms with Gasteiger partial charge < -0.3 is 10.2 Å². The number of anilines is 1. The van der Waals surface area contributed by atoms with E-state index >= 15 is 0 Å². The number of hydrogen-bond donors (Lipinski definition) is 1. The number of carbonyl (C=O) groups excluding carboxylic acids is 2. The van der Waals surface area contributed by atoms with Crippen LogP contribution in [0.25, 0.3) is 0 Å². The predicted molar refractivity (Wildman–Crippen MR) is 147 cm³/mol. The van der Waals surface area contributed by atoms with E-state index < -0.39 is 21.9 Å². The molecule has 0 fully saturated rings. The van der Waals surface area contributed by atoms with Crippen LogP contribution in [-0.2, 0) is 26.2 Å². The second kappa shape index (κ2) is 14.0. The Morgan fingerprint density at radius 3 is 2.32 bits per heavy atom. The van der Waals surface area contributed by atoms with Crippen molar-refractivity contribution in [2.24, 2.45) is 0 Å². The number of rotatable bonds is 13. The number of para-hydroxylation sites is 1. The van der Waals surface area contributed by atoms with Gasteiger partial charge in [0.25, 0.3) is 0 Å². The molecule has 7 nitrogen and oxygen atoms in total. The smallest absolute Gasteiger partial charge is 0.243 e. The van der Waals surface area contributed by atoms with Crippen LogP contribution in [0.15, 0.2) is 42.5 Å². The molecule has 37 heavy (non-hydrogen) atoms. The van der Waals surface area contributed by atoms with E-state index in [2.05, 4.69) is 5.32 Å². The van der Waals surface area contributed by atoms with E-state index in [4.69, 9.17) is 23.2 Å². The highest BCUT2D eigenvalue weighted by molar-refractivity contribution is 7.92. The van der Waals surface area contributed by atoms with Gasteiger partial charge in [-0.05, 0) is 56.0 Å². The van der Waals surface area contributed by atoms with Crippen LogP contribution in [-0.4, -0.2) is 50.0 Å². The van der Waals surface area contributed by atoms with Crippen LogP contribution in [0.3, 0.4) is 0 Å². The molecule has 2 atom stereocenters. The highest BCUT2D eigenvalue weighted by atomic mass is 35.5. The summed E-state index contributed by atoms with van der Waals surface area (Å²) in [6.07, 6.45) is 2.15. The van der Waals surface area contributed by atoms with Crippen molar-refractivity contribution in [3.05, 3.63) is 63.9 Å². The first-order valence-corrected chi connectivity index (χ1v) is 14.7. The van der Waals surface area contributed by atoms with E-state index in [0.29, 0.717) is 22.0 Å². The summed E-state index contributed by atoms with van der Waals surface area (Å²) < 4.78 is 40.0. The van der Waals surface area contributed by atoms with Crippen molar-refractivity contribution in [2.75, 3.05) is 17.1 Å². The third-order valence-electron chi connectivity index (χ3n) is 6.02. The summed E-state index contributed by atoms with van der Waals surface area (Å²) in [5, 5.41) is 3.74. The normalized spacial score (nSPS) is 13.1. The first kappa shape index (κ1) is 30.9. The fourth-order valence-electron chi connectivity index (χ4n) is 3.83. The maximum atomic E-state index is 14.3. The number of nitrogens with zero attached hydrogens (tertiary/aromatic N) is 2. The number of carbonyl (C=O) groups is 2. The molecule has 0 bridgehead atoms. The summed E-state index contributed by atoms with van der Waals surface area (Å²) in [7, 11) is -3.79. The highest BCUT2D eigenvalue weighted by Gasteiger charge is 2.30. The number of sulfonamides is 1. The number of benzene rings is 2. The highest BCUT2D eigenvalue weighted by Crippen LogP contribution is 2.25. The van der Waals surface area contributed by atoms with E-state index in [9.17, 15) is 22.4 Å². The fraction of sp³-hybridized carbons (Fsp3) is 0.462. The molecule has 0 aromatic heterocycles. The largest absolute Gasteiger partial charge is 0.352 e. The zero-order valence-electron chi connectivity index (χ0n) is 21.5. The molecule has 11 heteroatoms. The van der Waals surface area contributed by atoms with Crippen molar-refractivity contribution in [3.8, 4) is 0 Å². The van der Waals surface area contributed by atoms with E-state index in [0.717, 1.165) is 17.0 Å². The molecule has 2 rings (SSSR count). The maximum absolute atomic E-state index is 14.3. The number of hydrogen-bond acceptors (Lipinski definition) is 4. The summed E-state index contributed by atoms with van der Waals surface area (Å²) in [5.74, 6) is -1.30. The van der Waals surface area contributed by atoms with Gasteiger partial charge in [-0.3, -0.25) is 13.9 Å².